The number of amides is 1. The van der Waals surface area contributed by atoms with Gasteiger partial charge in [-0.05, 0) is 87.0 Å². The third kappa shape index (κ3) is 3.09. The summed E-state index contributed by atoms with van der Waals surface area (Å²) in [5.74, 6) is 1.87. The Morgan fingerprint density at radius 1 is 1.09 bits per heavy atom. The molecule has 0 aromatic heterocycles. The summed E-state index contributed by atoms with van der Waals surface area (Å²) in [5.41, 5.74) is 1.67. The van der Waals surface area contributed by atoms with Gasteiger partial charge in [0, 0.05) is 16.5 Å². The maximum atomic E-state index is 12.9. The monoisotopic (exact) mass is 433 g/mol. The number of benzene rings is 1. The standard InChI is InChI=1S/C28H35NO3/c1-4-28(32-25(31)29-20-8-6-5-7-9-20)17-14-24-22-11-10-19-18-21(30)12-15-26(19,2)23(22)13-16-27(24,28)3/h5-9,12,15,18,22-24H,4,10-11,13-14,16-17H2,1-3H3,(H,29,31)/t22-,23+,24+,26+,27+,28-/m1/s1. The van der Waals surface area contributed by atoms with Crippen LogP contribution in [0.1, 0.15) is 65.7 Å². The predicted molar refractivity (Wildman–Crippen MR) is 126 cm³/mol. The van der Waals surface area contributed by atoms with Gasteiger partial charge in [-0.2, -0.15) is 0 Å². The number of anilines is 1. The lowest BCUT2D eigenvalue weighted by Gasteiger charge is -2.58. The number of carbonyl (C=O) groups excluding carboxylic acids is 2. The molecule has 1 N–H and O–H groups in total. The number of ether oxygens (including phenoxy) is 1. The van der Waals surface area contributed by atoms with E-state index in [0.29, 0.717) is 17.8 Å². The number of fused-ring (bicyclic) bond motifs is 5. The van der Waals surface area contributed by atoms with Crippen LogP contribution in [0, 0.1) is 28.6 Å². The molecule has 0 saturated heterocycles. The van der Waals surface area contributed by atoms with Crippen LogP contribution < -0.4 is 5.32 Å². The third-order valence-electron chi connectivity index (χ3n) is 9.73. The lowest BCUT2D eigenvalue weighted by Crippen LogP contribution is -2.55. The summed E-state index contributed by atoms with van der Waals surface area (Å²) in [6.07, 6.45) is 12.8. The fourth-order valence-electron chi connectivity index (χ4n) is 7.95. The van der Waals surface area contributed by atoms with Gasteiger partial charge in [0.2, 0.25) is 0 Å². The fraction of sp³-hybridized carbons (Fsp3) is 0.571. The van der Waals surface area contributed by atoms with Crippen molar-refractivity contribution in [2.24, 2.45) is 28.6 Å². The molecule has 0 aliphatic heterocycles. The Labute approximate surface area is 191 Å². The minimum atomic E-state index is -0.420. The first-order chi connectivity index (χ1) is 15.3. The molecule has 1 aromatic carbocycles. The molecule has 32 heavy (non-hydrogen) atoms. The average Bonchev–Trinajstić information content (AvgIpc) is 3.07. The van der Waals surface area contributed by atoms with Gasteiger partial charge in [-0.25, -0.2) is 4.79 Å². The normalized spacial score (nSPS) is 40.0. The third-order valence-corrected chi connectivity index (χ3v) is 9.73. The minimum Gasteiger partial charge on any atom is -0.442 e. The maximum absolute atomic E-state index is 12.9. The van der Waals surface area contributed by atoms with Crippen molar-refractivity contribution in [1.82, 2.24) is 0 Å². The number of carbonyl (C=O) groups is 2. The molecule has 3 fully saturated rings. The minimum absolute atomic E-state index is 0.00115. The van der Waals surface area contributed by atoms with Gasteiger partial charge in [-0.15, -0.1) is 0 Å². The largest absolute Gasteiger partial charge is 0.442 e. The zero-order valence-electron chi connectivity index (χ0n) is 19.5. The Kier molecular flexibility index (Phi) is 5.11. The Hall–Kier alpha value is -2.36. The van der Waals surface area contributed by atoms with E-state index in [-0.39, 0.29) is 22.7 Å². The van der Waals surface area contributed by atoms with E-state index in [1.54, 1.807) is 6.08 Å². The molecule has 4 aliphatic rings. The molecule has 1 aromatic rings. The summed E-state index contributed by atoms with van der Waals surface area (Å²) in [5, 5.41) is 2.93. The van der Waals surface area contributed by atoms with Crippen molar-refractivity contribution in [3.8, 4) is 0 Å². The summed E-state index contributed by atoms with van der Waals surface area (Å²) < 4.78 is 6.33. The van der Waals surface area contributed by atoms with Crippen LogP contribution in [-0.2, 0) is 9.53 Å². The quantitative estimate of drug-likeness (QED) is 0.577. The van der Waals surface area contributed by atoms with Crippen LogP contribution in [0.2, 0.25) is 0 Å². The van der Waals surface area contributed by atoms with Crippen molar-refractivity contribution < 1.29 is 14.3 Å². The molecule has 5 rings (SSSR count). The topological polar surface area (TPSA) is 55.4 Å². The second-order valence-electron chi connectivity index (χ2n) is 10.8. The smallest absolute Gasteiger partial charge is 0.412 e. The molecule has 170 valence electrons. The zero-order chi connectivity index (χ0) is 22.6. The van der Waals surface area contributed by atoms with E-state index in [9.17, 15) is 9.59 Å². The van der Waals surface area contributed by atoms with Crippen LogP contribution in [0.4, 0.5) is 10.5 Å². The summed E-state index contributed by atoms with van der Waals surface area (Å²) in [6, 6.07) is 9.55. The number of rotatable bonds is 3. The first-order valence-corrected chi connectivity index (χ1v) is 12.3. The first-order valence-electron chi connectivity index (χ1n) is 12.3. The van der Waals surface area contributed by atoms with E-state index in [0.717, 1.165) is 50.6 Å². The van der Waals surface area contributed by atoms with Crippen molar-refractivity contribution in [3.05, 3.63) is 54.1 Å². The number of nitrogens with one attached hydrogen (secondary N) is 1. The molecule has 3 saturated carbocycles. The van der Waals surface area contributed by atoms with Crippen LogP contribution >= 0.6 is 0 Å². The molecule has 4 heteroatoms. The molecule has 0 spiro atoms. The van der Waals surface area contributed by atoms with Crippen molar-refractivity contribution in [2.75, 3.05) is 5.32 Å². The van der Waals surface area contributed by atoms with Gasteiger partial charge in [0.15, 0.2) is 5.78 Å². The van der Waals surface area contributed by atoms with Crippen LogP contribution in [-0.4, -0.2) is 17.5 Å². The van der Waals surface area contributed by atoms with Crippen LogP contribution in [0.3, 0.4) is 0 Å². The van der Waals surface area contributed by atoms with E-state index in [1.807, 2.05) is 36.4 Å². The highest BCUT2D eigenvalue weighted by Crippen LogP contribution is 2.68. The lowest BCUT2D eigenvalue weighted by atomic mass is 9.47. The number of allylic oxidation sites excluding steroid dienone is 4. The highest BCUT2D eigenvalue weighted by molar-refractivity contribution is 6.01. The molecule has 6 atom stereocenters. The van der Waals surface area contributed by atoms with Gasteiger partial charge < -0.3 is 4.74 Å². The van der Waals surface area contributed by atoms with E-state index >= 15 is 0 Å². The highest BCUT2D eigenvalue weighted by Gasteiger charge is 2.65. The van der Waals surface area contributed by atoms with Gasteiger partial charge in [-0.3, -0.25) is 10.1 Å². The SMILES string of the molecule is CC[C@@]1(OC(=O)Nc2ccccc2)CC[C@H]2[C@@H]3CCC4=CC(=O)C=C[C@]4(C)[C@H]3CC[C@@]21C. The van der Waals surface area contributed by atoms with Crippen LogP contribution in [0.25, 0.3) is 0 Å². The van der Waals surface area contributed by atoms with E-state index < -0.39 is 5.60 Å². The summed E-state index contributed by atoms with van der Waals surface area (Å²) >= 11 is 0. The molecule has 4 aliphatic carbocycles. The van der Waals surface area contributed by atoms with E-state index in [2.05, 4.69) is 32.2 Å². The molecule has 1 amide bonds. The lowest BCUT2D eigenvalue weighted by molar-refractivity contribution is -0.123. The predicted octanol–water partition coefficient (Wildman–Crippen LogP) is 6.69. The molecule has 0 radical (unpaired) electrons. The van der Waals surface area contributed by atoms with Gasteiger partial charge in [0.05, 0.1) is 0 Å². The number of hydrogen-bond donors (Lipinski definition) is 1. The highest BCUT2D eigenvalue weighted by atomic mass is 16.6. The second-order valence-corrected chi connectivity index (χ2v) is 10.8. The first kappa shape index (κ1) is 21.5. The molecule has 0 bridgehead atoms. The summed E-state index contributed by atoms with van der Waals surface area (Å²) in [7, 11) is 0. The molecular weight excluding hydrogens is 398 g/mol. The number of para-hydroxylation sites is 1. The van der Waals surface area contributed by atoms with Crippen LogP contribution in [0.5, 0.6) is 0 Å². The Morgan fingerprint density at radius 2 is 1.84 bits per heavy atom. The van der Waals surface area contributed by atoms with Crippen molar-refractivity contribution >= 4 is 17.6 Å². The fourth-order valence-corrected chi connectivity index (χ4v) is 7.95. The average molecular weight is 434 g/mol. The summed E-state index contributed by atoms with van der Waals surface area (Å²) in [6.45, 7) is 6.90. The van der Waals surface area contributed by atoms with E-state index in [1.165, 1.54) is 5.57 Å². The van der Waals surface area contributed by atoms with Crippen molar-refractivity contribution in [2.45, 2.75) is 71.3 Å². The Bertz CT molecular complexity index is 982. The van der Waals surface area contributed by atoms with Gasteiger partial charge in [-0.1, -0.05) is 50.6 Å². The Morgan fingerprint density at radius 3 is 2.59 bits per heavy atom. The number of hydrogen-bond acceptors (Lipinski definition) is 3. The Balaban J connectivity index is 1.39. The molecule has 0 heterocycles. The molecular formula is C28H35NO3. The zero-order valence-corrected chi connectivity index (χ0v) is 19.5. The van der Waals surface area contributed by atoms with Crippen molar-refractivity contribution in [3.63, 3.8) is 0 Å². The van der Waals surface area contributed by atoms with Crippen LogP contribution in [0.15, 0.2) is 54.1 Å². The van der Waals surface area contributed by atoms with Gasteiger partial charge >= 0.3 is 6.09 Å². The second kappa shape index (κ2) is 7.60. The van der Waals surface area contributed by atoms with Gasteiger partial charge in [0.25, 0.3) is 0 Å². The summed E-state index contributed by atoms with van der Waals surface area (Å²) in [4.78, 5) is 24.9. The molecule has 4 nitrogen and oxygen atoms in total. The van der Waals surface area contributed by atoms with E-state index in [4.69, 9.17) is 4.74 Å². The van der Waals surface area contributed by atoms with Crippen molar-refractivity contribution in [1.29, 1.82) is 0 Å². The van der Waals surface area contributed by atoms with Gasteiger partial charge in [0.1, 0.15) is 5.60 Å². The maximum Gasteiger partial charge on any atom is 0.412 e. The molecule has 0 unspecified atom stereocenters. The number of ketones is 1.